The highest BCUT2D eigenvalue weighted by atomic mass is 35.5. The third-order valence-corrected chi connectivity index (χ3v) is 7.04. The van der Waals surface area contributed by atoms with E-state index in [2.05, 4.69) is 5.32 Å². The van der Waals surface area contributed by atoms with Gasteiger partial charge in [-0.25, -0.2) is 8.42 Å². The molecule has 0 saturated carbocycles. The van der Waals surface area contributed by atoms with Crippen molar-refractivity contribution in [1.82, 2.24) is 10.2 Å². The lowest BCUT2D eigenvalue weighted by molar-refractivity contribution is -0.140. The van der Waals surface area contributed by atoms with Crippen LogP contribution < -0.4 is 9.62 Å². The fourth-order valence-electron chi connectivity index (χ4n) is 3.79. The van der Waals surface area contributed by atoms with Gasteiger partial charge in [-0.15, -0.1) is 0 Å². The number of benzene rings is 2. The molecule has 0 fully saturated rings. The predicted molar refractivity (Wildman–Crippen MR) is 142 cm³/mol. The van der Waals surface area contributed by atoms with Crippen LogP contribution in [0.15, 0.2) is 42.5 Å². The van der Waals surface area contributed by atoms with Crippen molar-refractivity contribution in [3.05, 3.63) is 64.2 Å². The second kappa shape index (κ2) is 12.4. The van der Waals surface area contributed by atoms with E-state index in [1.165, 1.54) is 15.5 Å². The van der Waals surface area contributed by atoms with E-state index in [1.807, 2.05) is 52.0 Å². The molecule has 9 heteroatoms. The molecule has 0 radical (unpaired) electrons. The number of carbonyl (C=O) groups excluding carboxylic acids is 2. The van der Waals surface area contributed by atoms with Crippen LogP contribution in [0.4, 0.5) is 5.69 Å². The molecule has 0 bridgehead atoms. The van der Waals surface area contributed by atoms with Crippen molar-refractivity contribution in [3.8, 4) is 0 Å². The molecule has 0 aliphatic rings. The first-order valence-corrected chi connectivity index (χ1v) is 13.9. The van der Waals surface area contributed by atoms with Crippen molar-refractivity contribution >= 4 is 39.1 Å². The van der Waals surface area contributed by atoms with Gasteiger partial charge in [0.05, 0.1) is 11.9 Å². The van der Waals surface area contributed by atoms with E-state index in [0.29, 0.717) is 17.1 Å². The van der Waals surface area contributed by atoms with Gasteiger partial charge in [0.2, 0.25) is 21.8 Å². The van der Waals surface area contributed by atoms with Gasteiger partial charge in [-0.05, 0) is 75.9 Å². The first-order valence-electron chi connectivity index (χ1n) is 11.7. The number of hydrogen-bond acceptors (Lipinski definition) is 4. The fraction of sp³-hybridized carbons (Fsp3) is 0.462. The number of amides is 2. The number of anilines is 1. The SMILES string of the molecule is Cc1ccc(C)c(N(CCCC(=O)N(Cc2cccc(Cl)c2)[C@H](C)C(=O)NC(C)C)S(C)(=O)=O)c1. The highest BCUT2D eigenvalue weighted by molar-refractivity contribution is 7.92. The molecule has 2 amide bonds. The van der Waals surface area contributed by atoms with Crippen molar-refractivity contribution in [2.24, 2.45) is 0 Å². The Morgan fingerprint density at radius 3 is 2.34 bits per heavy atom. The number of carbonyl (C=O) groups is 2. The van der Waals surface area contributed by atoms with Crippen LogP contribution in [0.5, 0.6) is 0 Å². The predicted octanol–water partition coefficient (Wildman–Crippen LogP) is 4.44. The third-order valence-electron chi connectivity index (χ3n) is 5.63. The zero-order valence-corrected chi connectivity index (χ0v) is 22.9. The van der Waals surface area contributed by atoms with Gasteiger partial charge in [-0.1, -0.05) is 35.9 Å². The summed E-state index contributed by atoms with van der Waals surface area (Å²) in [5.74, 6) is -0.477. The van der Waals surface area contributed by atoms with Crippen molar-refractivity contribution in [2.45, 2.75) is 66.1 Å². The maximum absolute atomic E-state index is 13.3. The summed E-state index contributed by atoms with van der Waals surface area (Å²) in [6.07, 6.45) is 1.57. The van der Waals surface area contributed by atoms with Crippen LogP contribution in [-0.4, -0.2) is 50.0 Å². The summed E-state index contributed by atoms with van der Waals surface area (Å²) >= 11 is 6.12. The molecule has 0 aromatic heterocycles. The summed E-state index contributed by atoms with van der Waals surface area (Å²) in [5.41, 5.74) is 3.21. The van der Waals surface area contributed by atoms with E-state index in [1.54, 1.807) is 25.1 Å². The number of aryl methyl sites for hydroxylation is 2. The Bertz CT molecular complexity index is 1150. The molecule has 0 aliphatic carbocycles. The van der Waals surface area contributed by atoms with Crippen LogP contribution in [0.25, 0.3) is 0 Å². The first-order chi connectivity index (χ1) is 16.3. The van der Waals surface area contributed by atoms with E-state index in [-0.39, 0.29) is 37.4 Å². The largest absolute Gasteiger partial charge is 0.352 e. The van der Waals surface area contributed by atoms with Crippen molar-refractivity contribution < 1.29 is 18.0 Å². The molecule has 2 aromatic carbocycles. The minimum Gasteiger partial charge on any atom is -0.352 e. The van der Waals surface area contributed by atoms with Crippen LogP contribution in [-0.2, 0) is 26.2 Å². The van der Waals surface area contributed by atoms with Crippen molar-refractivity contribution in [2.75, 3.05) is 17.1 Å². The highest BCUT2D eigenvalue weighted by Crippen LogP contribution is 2.25. The zero-order valence-electron chi connectivity index (χ0n) is 21.3. The molecule has 0 saturated heterocycles. The molecule has 1 atom stereocenters. The number of rotatable bonds is 11. The van der Waals surface area contributed by atoms with E-state index in [9.17, 15) is 18.0 Å². The van der Waals surface area contributed by atoms with E-state index >= 15 is 0 Å². The number of sulfonamides is 1. The molecule has 0 unspecified atom stereocenters. The van der Waals surface area contributed by atoms with Crippen LogP contribution in [0.2, 0.25) is 5.02 Å². The molecular weight excluding hydrogens is 486 g/mol. The summed E-state index contributed by atoms with van der Waals surface area (Å²) in [5, 5.41) is 3.40. The Kier molecular flexibility index (Phi) is 10.2. The summed E-state index contributed by atoms with van der Waals surface area (Å²) in [7, 11) is -3.54. The third kappa shape index (κ3) is 8.54. The van der Waals surface area contributed by atoms with E-state index < -0.39 is 16.1 Å². The van der Waals surface area contributed by atoms with E-state index in [0.717, 1.165) is 16.7 Å². The van der Waals surface area contributed by atoms with Gasteiger partial charge in [0, 0.05) is 30.6 Å². The lowest BCUT2D eigenvalue weighted by atomic mass is 10.1. The summed E-state index contributed by atoms with van der Waals surface area (Å²) < 4.78 is 26.4. The summed E-state index contributed by atoms with van der Waals surface area (Å²) in [4.78, 5) is 27.5. The van der Waals surface area contributed by atoms with Crippen LogP contribution in [0, 0.1) is 13.8 Å². The van der Waals surface area contributed by atoms with Crippen molar-refractivity contribution in [1.29, 1.82) is 0 Å². The molecular formula is C26H36ClN3O4S. The van der Waals surface area contributed by atoms with E-state index in [4.69, 9.17) is 11.6 Å². The highest BCUT2D eigenvalue weighted by Gasteiger charge is 2.27. The average Bonchev–Trinajstić information content (AvgIpc) is 2.75. The van der Waals surface area contributed by atoms with Gasteiger partial charge >= 0.3 is 0 Å². The minimum atomic E-state index is -3.54. The van der Waals surface area contributed by atoms with Crippen LogP contribution in [0.3, 0.4) is 0 Å². The monoisotopic (exact) mass is 521 g/mol. The maximum atomic E-state index is 13.3. The minimum absolute atomic E-state index is 0.0611. The zero-order chi connectivity index (χ0) is 26.3. The number of hydrogen-bond donors (Lipinski definition) is 1. The molecule has 2 rings (SSSR count). The van der Waals surface area contributed by atoms with Gasteiger partial charge in [0.15, 0.2) is 0 Å². The number of nitrogens with one attached hydrogen (secondary N) is 1. The Morgan fingerprint density at radius 2 is 1.74 bits per heavy atom. The topological polar surface area (TPSA) is 86.8 Å². The first kappa shape index (κ1) is 28.7. The van der Waals surface area contributed by atoms with Crippen LogP contribution in [0.1, 0.15) is 50.3 Å². The summed E-state index contributed by atoms with van der Waals surface area (Å²) in [6.45, 7) is 9.57. The molecule has 7 nitrogen and oxygen atoms in total. The fourth-order valence-corrected chi connectivity index (χ4v) is 5.02. The maximum Gasteiger partial charge on any atom is 0.242 e. The molecule has 35 heavy (non-hydrogen) atoms. The van der Waals surface area contributed by atoms with Gasteiger partial charge in [0.1, 0.15) is 6.04 Å². The Hall–Kier alpha value is -2.58. The molecule has 0 aliphatic heterocycles. The van der Waals surface area contributed by atoms with Crippen LogP contribution >= 0.6 is 11.6 Å². The van der Waals surface area contributed by atoms with Gasteiger partial charge in [0.25, 0.3) is 0 Å². The molecule has 2 aromatic rings. The smallest absolute Gasteiger partial charge is 0.242 e. The molecule has 1 N–H and O–H groups in total. The molecule has 0 spiro atoms. The lowest BCUT2D eigenvalue weighted by Crippen LogP contribution is -2.49. The Morgan fingerprint density at radius 1 is 1.06 bits per heavy atom. The van der Waals surface area contributed by atoms with Crippen molar-refractivity contribution in [3.63, 3.8) is 0 Å². The quantitative estimate of drug-likeness (QED) is 0.473. The molecule has 192 valence electrons. The second-order valence-electron chi connectivity index (χ2n) is 9.22. The lowest BCUT2D eigenvalue weighted by Gasteiger charge is -2.30. The second-order valence-corrected chi connectivity index (χ2v) is 11.6. The Balaban J connectivity index is 2.21. The van der Waals surface area contributed by atoms with Gasteiger partial charge < -0.3 is 10.2 Å². The molecule has 0 heterocycles. The van der Waals surface area contributed by atoms with Gasteiger partial charge in [-0.2, -0.15) is 0 Å². The Labute approximate surface area is 214 Å². The normalized spacial score (nSPS) is 12.3. The average molecular weight is 522 g/mol. The summed E-state index contributed by atoms with van der Waals surface area (Å²) in [6, 6.07) is 12.1. The van der Waals surface area contributed by atoms with Gasteiger partial charge in [-0.3, -0.25) is 13.9 Å². The number of halogens is 1. The number of nitrogens with zero attached hydrogens (tertiary/aromatic N) is 2. The standard InChI is InChI=1S/C26H36ClN3O4S/c1-18(2)28-26(32)21(5)29(17-22-9-7-10-23(27)16-22)25(31)11-8-14-30(35(6,33)34)24-15-19(3)12-13-20(24)4/h7,9-10,12-13,15-16,18,21H,8,11,14,17H2,1-6H3,(H,28,32)/t21-/m1/s1.